The highest BCUT2D eigenvalue weighted by molar-refractivity contribution is 14.0. The van der Waals surface area contributed by atoms with Crippen LogP contribution in [-0.2, 0) is 0 Å². The van der Waals surface area contributed by atoms with E-state index < -0.39 is 0 Å². The quantitative estimate of drug-likeness (QED) is 0.434. The lowest BCUT2D eigenvalue weighted by atomic mass is 9.93. The number of halogens is 1. The first kappa shape index (κ1) is 17.4. The second-order valence-electron chi connectivity index (χ2n) is 5.46. The van der Waals surface area contributed by atoms with Gasteiger partial charge in [0, 0.05) is 23.9 Å². The van der Waals surface area contributed by atoms with Crippen molar-refractivity contribution in [2.24, 2.45) is 4.99 Å². The van der Waals surface area contributed by atoms with Gasteiger partial charge in [0.2, 0.25) is 0 Å². The van der Waals surface area contributed by atoms with Crippen LogP contribution in [0.2, 0.25) is 0 Å². The number of nitrogens with zero attached hydrogens (tertiary/aromatic N) is 1. The van der Waals surface area contributed by atoms with Gasteiger partial charge in [0.1, 0.15) is 0 Å². The second kappa shape index (κ2) is 9.32. The molecular weight excluding hydrogens is 369 g/mol. The van der Waals surface area contributed by atoms with Crippen LogP contribution >= 0.6 is 35.7 Å². The van der Waals surface area contributed by atoms with Crippen molar-refractivity contribution in [3.05, 3.63) is 0 Å². The molecule has 5 heteroatoms. The average molecular weight is 397 g/mol. The molecule has 2 aliphatic carbocycles. The minimum absolute atomic E-state index is 0. The van der Waals surface area contributed by atoms with Crippen LogP contribution in [0.1, 0.15) is 51.9 Å². The van der Waals surface area contributed by atoms with Crippen molar-refractivity contribution in [1.29, 1.82) is 0 Å². The van der Waals surface area contributed by atoms with Crippen LogP contribution in [0, 0.1) is 0 Å². The molecule has 0 radical (unpaired) electrons. The van der Waals surface area contributed by atoms with E-state index in [0.29, 0.717) is 12.1 Å². The highest BCUT2D eigenvalue weighted by atomic mass is 127. The van der Waals surface area contributed by atoms with E-state index in [4.69, 9.17) is 0 Å². The van der Waals surface area contributed by atoms with Gasteiger partial charge < -0.3 is 10.6 Å². The summed E-state index contributed by atoms with van der Waals surface area (Å²) in [4.78, 5) is 4.58. The van der Waals surface area contributed by atoms with Crippen molar-refractivity contribution in [3.63, 3.8) is 0 Å². The minimum atomic E-state index is 0. The zero-order chi connectivity index (χ0) is 12.8. The Hall–Kier alpha value is 0.350. The number of hydrogen-bond donors (Lipinski definition) is 2. The lowest BCUT2D eigenvalue weighted by molar-refractivity contribution is 0.369. The molecule has 2 N–H and O–H groups in total. The molecule has 112 valence electrons. The number of thioether (sulfide) groups is 1. The molecule has 0 spiro atoms. The average Bonchev–Trinajstić information content (AvgIpc) is 2.34. The molecule has 2 rings (SSSR count). The third kappa shape index (κ3) is 5.69. The smallest absolute Gasteiger partial charge is 0.191 e. The van der Waals surface area contributed by atoms with Crippen molar-refractivity contribution in [3.8, 4) is 0 Å². The van der Waals surface area contributed by atoms with Gasteiger partial charge in [-0.15, -0.1) is 24.0 Å². The SMILES string of the molecule is CCN=C(NC1CCC1)NC1CCCC(SC)C1.I. The first-order valence-electron chi connectivity index (χ1n) is 7.42. The van der Waals surface area contributed by atoms with Crippen molar-refractivity contribution in [2.75, 3.05) is 12.8 Å². The lowest BCUT2D eigenvalue weighted by Gasteiger charge is -2.33. The summed E-state index contributed by atoms with van der Waals surface area (Å²) in [6.45, 7) is 2.97. The summed E-state index contributed by atoms with van der Waals surface area (Å²) < 4.78 is 0. The highest BCUT2D eigenvalue weighted by Crippen LogP contribution is 2.27. The molecule has 0 aromatic carbocycles. The van der Waals surface area contributed by atoms with E-state index in [1.165, 1.54) is 44.9 Å². The van der Waals surface area contributed by atoms with Gasteiger partial charge in [-0.2, -0.15) is 11.8 Å². The van der Waals surface area contributed by atoms with Crippen LogP contribution < -0.4 is 10.6 Å². The standard InChI is InChI=1S/C14H27N3S.HI/c1-3-15-14(16-11-6-4-7-11)17-12-8-5-9-13(10-12)18-2;/h11-13H,3-10H2,1-2H3,(H2,15,16,17);1H. The summed E-state index contributed by atoms with van der Waals surface area (Å²) in [7, 11) is 0. The molecule has 0 aromatic rings. The van der Waals surface area contributed by atoms with Gasteiger partial charge >= 0.3 is 0 Å². The van der Waals surface area contributed by atoms with Crippen LogP contribution in [-0.4, -0.2) is 36.1 Å². The van der Waals surface area contributed by atoms with E-state index in [9.17, 15) is 0 Å². The van der Waals surface area contributed by atoms with Gasteiger partial charge in [0.05, 0.1) is 0 Å². The zero-order valence-corrected chi connectivity index (χ0v) is 15.3. The van der Waals surface area contributed by atoms with Crippen molar-refractivity contribution >= 4 is 41.7 Å². The summed E-state index contributed by atoms with van der Waals surface area (Å²) in [5, 5.41) is 8.05. The summed E-state index contributed by atoms with van der Waals surface area (Å²) in [6, 6.07) is 1.29. The predicted molar refractivity (Wildman–Crippen MR) is 96.9 cm³/mol. The van der Waals surface area contributed by atoms with Crippen LogP contribution in [0.25, 0.3) is 0 Å². The monoisotopic (exact) mass is 397 g/mol. The maximum atomic E-state index is 4.58. The summed E-state index contributed by atoms with van der Waals surface area (Å²) in [6.07, 6.45) is 11.5. The molecule has 0 aliphatic heterocycles. The molecule has 3 nitrogen and oxygen atoms in total. The Morgan fingerprint density at radius 3 is 2.32 bits per heavy atom. The number of rotatable bonds is 4. The summed E-state index contributed by atoms with van der Waals surface area (Å²) >= 11 is 2.02. The molecule has 0 saturated heterocycles. The van der Waals surface area contributed by atoms with Crippen molar-refractivity contribution in [1.82, 2.24) is 10.6 Å². The van der Waals surface area contributed by atoms with Crippen LogP contribution in [0.15, 0.2) is 4.99 Å². The molecule has 19 heavy (non-hydrogen) atoms. The van der Waals surface area contributed by atoms with Crippen LogP contribution in [0.4, 0.5) is 0 Å². The molecule has 2 fully saturated rings. The molecule has 0 heterocycles. The van der Waals surface area contributed by atoms with E-state index >= 15 is 0 Å². The van der Waals surface area contributed by atoms with E-state index in [0.717, 1.165) is 17.8 Å². The van der Waals surface area contributed by atoms with Crippen LogP contribution in [0.3, 0.4) is 0 Å². The summed E-state index contributed by atoms with van der Waals surface area (Å²) in [5.74, 6) is 1.05. The Balaban J connectivity index is 0.00000180. The van der Waals surface area contributed by atoms with Gasteiger partial charge in [0.15, 0.2) is 5.96 Å². The van der Waals surface area contributed by atoms with E-state index in [1.54, 1.807) is 0 Å². The van der Waals surface area contributed by atoms with Gasteiger partial charge in [-0.05, 0) is 51.7 Å². The maximum absolute atomic E-state index is 4.58. The molecule has 0 amide bonds. The number of guanidine groups is 1. The van der Waals surface area contributed by atoms with E-state index in [-0.39, 0.29) is 24.0 Å². The van der Waals surface area contributed by atoms with Gasteiger partial charge in [-0.1, -0.05) is 6.42 Å². The number of hydrogen-bond acceptors (Lipinski definition) is 2. The Morgan fingerprint density at radius 1 is 1.11 bits per heavy atom. The molecule has 2 unspecified atom stereocenters. The summed E-state index contributed by atoms with van der Waals surface area (Å²) in [5.41, 5.74) is 0. The fourth-order valence-electron chi connectivity index (χ4n) is 2.72. The maximum Gasteiger partial charge on any atom is 0.191 e. The van der Waals surface area contributed by atoms with Crippen molar-refractivity contribution < 1.29 is 0 Å². The Labute approximate surface area is 139 Å². The molecule has 2 aliphatic rings. The number of aliphatic imine (C=N–C) groups is 1. The third-order valence-corrected chi connectivity index (χ3v) is 5.16. The van der Waals surface area contributed by atoms with Gasteiger partial charge in [0.25, 0.3) is 0 Å². The minimum Gasteiger partial charge on any atom is -0.354 e. The normalized spacial score (nSPS) is 28.2. The molecule has 0 aromatic heterocycles. The van der Waals surface area contributed by atoms with Crippen LogP contribution in [0.5, 0.6) is 0 Å². The molecular formula is C14H28IN3S. The molecule has 2 atom stereocenters. The fourth-order valence-corrected chi connectivity index (χ4v) is 3.55. The fraction of sp³-hybridized carbons (Fsp3) is 0.929. The van der Waals surface area contributed by atoms with E-state index in [1.807, 2.05) is 11.8 Å². The highest BCUT2D eigenvalue weighted by Gasteiger charge is 2.24. The molecule has 2 saturated carbocycles. The lowest BCUT2D eigenvalue weighted by Crippen LogP contribution is -2.50. The Kier molecular flexibility index (Phi) is 8.53. The zero-order valence-electron chi connectivity index (χ0n) is 12.2. The Morgan fingerprint density at radius 2 is 1.74 bits per heavy atom. The predicted octanol–water partition coefficient (Wildman–Crippen LogP) is 3.39. The molecule has 0 bridgehead atoms. The third-order valence-electron chi connectivity index (χ3n) is 4.06. The van der Waals surface area contributed by atoms with Gasteiger partial charge in [-0.3, -0.25) is 4.99 Å². The van der Waals surface area contributed by atoms with Gasteiger partial charge in [-0.25, -0.2) is 0 Å². The largest absolute Gasteiger partial charge is 0.354 e. The second-order valence-corrected chi connectivity index (χ2v) is 6.60. The first-order valence-corrected chi connectivity index (χ1v) is 8.71. The van der Waals surface area contributed by atoms with E-state index in [2.05, 4.69) is 28.8 Å². The first-order chi connectivity index (χ1) is 8.81. The van der Waals surface area contributed by atoms with Crippen molar-refractivity contribution in [2.45, 2.75) is 69.2 Å². The number of nitrogens with one attached hydrogen (secondary N) is 2. The Bertz CT molecular complexity index is 282. The topological polar surface area (TPSA) is 36.4 Å².